The highest BCUT2D eigenvalue weighted by Gasteiger charge is 2.02. The highest BCUT2D eigenvalue weighted by atomic mass is 19.1. The van der Waals surface area contributed by atoms with E-state index in [4.69, 9.17) is 0 Å². The molecule has 0 saturated heterocycles. The third-order valence-electron chi connectivity index (χ3n) is 2.62. The Kier molecular flexibility index (Phi) is 4.13. The first-order valence-corrected chi connectivity index (χ1v) is 5.99. The topological polar surface area (TPSA) is 41.1 Å². The number of nitrogens with one attached hydrogen (secondary N) is 2. The lowest BCUT2D eigenvalue weighted by atomic mass is 10.2. The summed E-state index contributed by atoms with van der Waals surface area (Å²) in [6, 6.07) is 13.4. The van der Waals surface area contributed by atoms with Crippen molar-refractivity contribution in [2.45, 2.75) is 13.5 Å². The molecule has 98 valence electrons. The van der Waals surface area contributed by atoms with Gasteiger partial charge in [-0.1, -0.05) is 24.3 Å². The molecular weight excluding hydrogens is 243 g/mol. The van der Waals surface area contributed by atoms with Crippen molar-refractivity contribution in [3.05, 3.63) is 65.5 Å². The van der Waals surface area contributed by atoms with Crippen LogP contribution in [0.2, 0.25) is 0 Å². The number of urea groups is 1. The zero-order valence-electron chi connectivity index (χ0n) is 10.6. The summed E-state index contributed by atoms with van der Waals surface area (Å²) in [5.74, 6) is -0.307. The molecular formula is C15H15FN2O. The quantitative estimate of drug-likeness (QED) is 0.869. The van der Waals surface area contributed by atoms with E-state index in [-0.39, 0.29) is 18.4 Å². The van der Waals surface area contributed by atoms with Crippen LogP contribution in [0.3, 0.4) is 0 Å². The van der Waals surface area contributed by atoms with Crippen LogP contribution in [-0.2, 0) is 6.54 Å². The van der Waals surface area contributed by atoms with Gasteiger partial charge < -0.3 is 10.6 Å². The minimum absolute atomic E-state index is 0.287. The molecule has 0 unspecified atom stereocenters. The van der Waals surface area contributed by atoms with E-state index in [2.05, 4.69) is 10.6 Å². The van der Waals surface area contributed by atoms with Gasteiger partial charge >= 0.3 is 6.03 Å². The Morgan fingerprint density at radius 1 is 1.16 bits per heavy atom. The van der Waals surface area contributed by atoms with Crippen molar-refractivity contribution in [2.75, 3.05) is 5.32 Å². The molecule has 4 heteroatoms. The summed E-state index contributed by atoms with van der Waals surface area (Å²) in [7, 11) is 0. The normalized spacial score (nSPS) is 10.0. The number of carbonyl (C=O) groups is 1. The van der Waals surface area contributed by atoms with Gasteiger partial charge in [0.2, 0.25) is 0 Å². The van der Waals surface area contributed by atoms with Crippen LogP contribution in [0.4, 0.5) is 14.9 Å². The SMILES string of the molecule is Cc1cccc(NC(=O)NCc2cccc(F)c2)c1. The number of rotatable bonds is 3. The minimum Gasteiger partial charge on any atom is -0.334 e. The maximum absolute atomic E-state index is 13.0. The fraction of sp³-hybridized carbons (Fsp3) is 0.133. The molecule has 0 spiro atoms. The first-order valence-electron chi connectivity index (χ1n) is 5.99. The van der Waals surface area contributed by atoms with E-state index in [1.807, 2.05) is 31.2 Å². The van der Waals surface area contributed by atoms with Gasteiger partial charge in [0.1, 0.15) is 5.82 Å². The lowest BCUT2D eigenvalue weighted by molar-refractivity contribution is 0.251. The Balaban J connectivity index is 1.88. The second-order valence-electron chi connectivity index (χ2n) is 4.31. The number of aryl methyl sites for hydroxylation is 1. The molecule has 0 fully saturated rings. The first-order chi connectivity index (χ1) is 9.13. The lowest BCUT2D eigenvalue weighted by Crippen LogP contribution is -2.28. The summed E-state index contributed by atoms with van der Waals surface area (Å²) in [6.07, 6.45) is 0. The van der Waals surface area contributed by atoms with Gasteiger partial charge in [-0.3, -0.25) is 0 Å². The molecule has 0 atom stereocenters. The molecule has 3 nitrogen and oxygen atoms in total. The summed E-state index contributed by atoms with van der Waals surface area (Å²) < 4.78 is 13.0. The van der Waals surface area contributed by atoms with E-state index in [9.17, 15) is 9.18 Å². The fourth-order valence-corrected chi connectivity index (χ4v) is 1.73. The van der Waals surface area contributed by atoms with E-state index in [1.54, 1.807) is 12.1 Å². The lowest BCUT2D eigenvalue weighted by Gasteiger charge is -2.08. The van der Waals surface area contributed by atoms with E-state index >= 15 is 0 Å². The van der Waals surface area contributed by atoms with Crippen molar-refractivity contribution in [3.8, 4) is 0 Å². The second-order valence-corrected chi connectivity index (χ2v) is 4.31. The van der Waals surface area contributed by atoms with Gasteiger partial charge in [0.15, 0.2) is 0 Å². The molecule has 0 aromatic heterocycles. The summed E-state index contributed by atoms with van der Waals surface area (Å²) in [4.78, 5) is 11.7. The number of benzene rings is 2. The zero-order chi connectivity index (χ0) is 13.7. The fourth-order valence-electron chi connectivity index (χ4n) is 1.73. The average molecular weight is 258 g/mol. The van der Waals surface area contributed by atoms with Crippen molar-refractivity contribution < 1.29 is 9.18 Å². The zero-order valence-corrected chi connectivity index (χ0v) is 10.6. The molecule has 0 heterocycles. The smallest absolute Gasteiger partial charge is 0.319 e. The number of anilines is 1. The van der Waals surface area contributed by atoms with E-state index in [0.717, 1.165) is 16.8 Å². The van der Waals surface area contributed by atoms with Gasteiger partial charge in [0.25, 0.3) is 0 Å². The molecule has 2 amide bonds. The minimum atomic E-state index is -0.310. The van der Waals surface area contributed by atoms with Gasteiger partial charge in [0, 0.05) is 12.2 Å². The number of amides is 2. The van der Waals surface area contributed by atoms with Crippen LogP contribution < -0.4 is 10.6 Å². The highest BCUT2D eigenvalue weighted by Crippen LogP contribution is 2.09. The number of halogens is 1. The van der Waals surface area contributed by atoms with Gasteiger partial charge in [-0.2, -0.15) is 0 Å². The van der Waals surface area contributed by atoms with Crippen molar-refractivity contribution >= 4 is 11.7 Å². The third kappa shape index (κ3) is 4.10. The monoisotopic (exact) mass is 258 g/mol. The second kappa shape index (κ2) is 6.00. The summed E-state index contributed by atoms with van der Waals surface area (Å²) in [5.41, 5.74) is 2.53. The molecule has 19 heavy (non-hydrogen) atoms. The number of hydrogen-bond donors (Lipinski definition) is 2. The Morgan fingerprint density at radius 3 is 2.68 bits per heavy atom. The maximum Gasteiger partial charge on any atom is 0.319 e. The van der Waals surface area contributed by atoms with Crippen molar-refractivity contribution in [2.24, 2.45) is 0 Å². The Labute approximate surface area is 111 Å². The predicted molar refractivity (Wildman–Crippen MR) is 73.4 cm³/mol. The standard InChI is InChI=1S/C15H15FN2O/c1-11-4-2-7-14(8-11)18-15(19)17-10-12-5-3-6-13(16)9-12/h2-9H,10H2,1H3,(H2,17,18,19). The van der Waals surface area contributed by atoms with Crippen molar-refractivity contribution in [1.82, 2.24) is 5.32 Å². The summed E-state index contributed by atoms with van der Waals surface area (Å²) >= 11 is 0. The maximum atomic E-state index is 13.0. The van der Waals surface area contributed by atoms with E-state index < -0.39 is 0 Å². The van der Waals surface area contributed by atoms with Crippen LogP contribution in [0.5, 0.6) is 0 Å². The first kappa shape index (κ1) is 13.1. The Morgan fingerprint density at radius 2 is 1.95 bits per heavy atom. The molecule has 0 aliphatic carbocycles. The van der Waals surface area contributed by atoms with Crippen LogP contribution in [0.25, 0.3) is 0 Å². The van der Waals surface area contributed by atoms with Crippen LogP contribution in [0.15, 0.2) is 48.5 Å². The van der Waals surface area contributed by atoms with E-state index in [1.165, 1.54) is 12.1 Å². The van der Waals surface area contributed by atoms with Gasteiger partial charge in [-0.05, 0) is 42.3 Å². The van der Waals surface area contributed by atoms with Crippen LogP contribution in [0, 0.1) is 12.7 Å². The summed E-state index contributed by atoms with van der Waals surface area (Å²) in [6.45, 7) is 2.24. The van der Waals surface area contributed by atoms with Crippen LogP contribution >= 0.6 is 0 Å². The molecule has 2 aromatic carbocycles. The highest BCUT2D eigenvalue weighted by molar-refractivity contribution is 5.89. The Bertz CT molecular complexity index is 584. The van der Waals surface area contributed by atoms with Crippen LogP contribution in [0.1, 0.15) is 11.1 Å². The van der Waals surface area contributed by atoms with E-state index in [0.29, 0.717) is 0 Å². The van der Waals surface area contributed by atoms with Crippen molar-refractivity contribution in [3.63, 3.8) is 0 Å². The molecule has 0 aliphatic rings. The molecule has 2 rings (SSSR count). The average Bonchev–Trinajstić information content (AvgIpc) is 2.36. The third-order valence-corrected chi connectivity index (χ3v) is 2.62. The molecule has 0 saturated carbocycles. The molecule has 2 aromatic rings. The van der Waals surface area contributed by atoms with Gasteiger partial charge in [0.05, 0.1) is 0 Å². The number of hydrogen-bond acceptors (Lipinski definition) is 1. The van der Waals surface area contributed by atoms with Gasteiger partial charge in [-0.25, -0.2) is 9.18 Å². The number of carbonyl (C=O) groups excluding carboxylic acids is 1. The van der Waals surface area contributed by atoms with Crippen LogP contribution in [-0.4, -0.2) is 6.03 Å². The Hall–Kier alpha value is -2.36. The van der Waals surface area contributed by atoms with Gasteiger partial charge in [-0.15, -0.1) is 0 Å². The van der Waals surface area contributed by atoms with Crippen molar-refractivity contribution in [1.29, 1.82) is 0 Å². The summed E-state index contributed by atoms with van der Waals surface area (Å²) in [5, 5.41) is 5.40. The molecule has 0 bridgehead atoms. The molecule has 0 radical (unpaired) electrons. The molecule has 0 aliphatic heterocycles. The largest absolute Gasteiger partial charge is 0.334 e. The predicted octanol–water partition coefficient (Wildman–Crippen LogP) is 3.46. The molecule has 2 N–H and O–H groups in total.